The van der Waals surface area contributed by atoms with Crippen molar-refractivity contribution in [2.45, 2.75) is 26.8 Å². The molecule has 13 heteroatoms. The number of fused-ring (bicyclic) bond motifs is 1. The molecule has 0 bridgehead atoms. The SMILES string of the molecule is Cc1ccc(CNC(=O)c2cc(N(N)/C(=N\N)C(F)F)c3ncc(-c4ncc(C)s4)n3c2)cn1. The van der Waals surface area contributed by atoms with Gasteiger partial charge in [0.15, 0.2) is 5.65 Å². The van der Waals surface area contributed by atoms with Gasteiger partial charge in [-0.2, -0.15) is 5.10 Å². The fourth-order valence-electron chi connectivity index (χ4n) is 3.24. The Morgan fingerprint density at radius 3 is 2.65 bits per heavy atom. The summed E-state index contributed by atoms with van der Waals surface area (Å²) >= 11 is 1.43. The molecule has 5 N–H and O–H groups in total. The summed E-state index contributed by atoms with van der Waals surface area (Å²) in [5, 5.41) is 7.18. The van der Waals surface area contributed by atoms with Crippen molar-refractivity contribution >= 4 is 34.4 Å². The molecule has 0 unspecified atom stereocenters. The number of rotatable bonds is 6. The number of hydrazone groups is 1. The van der Waals surface area contributed by atoms with Gasteiger partial charge in [0, 0.05) is 35.7 Å². The minimum Gasteiger partial charge on any atom is -0.348 e. The number of aryl methyl sites for hydroxylation is 2. The van der Waals surface area contributed by atoms with E-state index in [0.29, 0.717) is 15.7 Å². The normalized spacial score (nSPS) is 11.9. The lowest BCUT2D eigenvalue weighted by Crippen LogP contribution is -2.43. The lowest BCUT2D eigenvalue weighted by Gasteiger charge is -2.21. The summed E-state index contributed by atoms with van der Waals surface area (Å²) in [6.07, 6.45) is 3.41. The minimum atomic E-state index is -3.04. The van der Waals surface area contributed by atoms with Gasteiger partial charge in [-0.05, 0) is 31.5 Å². The molecule has 176 valence electrons. The second kappa shape index (κ2) is 9.49. The maximum absolute atomic E-state index is 13.5. The zero-order valence-electron chi connectivity index (χ0n) is 18.2. The Hall–Kier alpha value is -3.97. The number of aromatic nitrogens is 4. The highest BCUT2D eigenvalue weighted by Crippen LogP contribution is 2.30. The Bertz CT molecular complexity index is 1360. The number of hydrogen-bond donors (Lipinski definition) is 3. The number of halogens is 2. The molecule has 0 aliphatic rings. The maximum Gasteiger partial charge on any atom is 0.298 e. The van der Waals surface area contributed by atoms with E-state index in [0.717, 1.165) is 16.1 Å². The summed E-state index contributed by atoms with van der Waals surface area (Å²) in [7, 11) is 0. The molecule has 4 aromatic rings. The fraction of sp³-hybridized carbons (Fsp3) is 0.190. The summed E-state index contributed by atoms with van der Waals surface area (Å²) in [5.74, 6) is 9.77. The van der Waals surface area contributed by atoms with Crippen molar-refractivity contribution in [2.24, 2.45) is 16.8 Å². The molecular formula is C21H21F2N9OS. The van der Waals surface area contributed by atoms with Crippen LogP contribution in [-0.2, 0) is 6.54 Å². The maximum atomic E-state index is 13.5. The van der Waals surface area contributed by atoms with Crippen molar-refractivity contribution < 1.29 is 13.6 Å². The standard InChI is InChI=1S/C21H21F2N9OS/c1-11-3-4-13(7-26-11)8-28-20(33)14-5-15(32(25)19(30-24)17(22)23)18-27-9-16(31(18)10-14)21-29-6-12(2)34-21/h3-7,9-10,17H,8,24-25H2,1-2H3,(H,28,33)/b30-19-. The Kier molecular flexibility index (Phi) is 6.47. The van der Waals surface area contributed by atoms with Gasteiger partial charge in [0.2, 0.25) is 5.84 Å². The molecule has 1 amide bonds. The number of pyridine rings is 2. The van der Waals surface area contributed by atoms with Crippen molar-refractivity contribution in [1.29, 1.82) is 0 Å². The van der Waals surface area contributed by atoms with Crippen LogP contribution in [0, 0.1) is 13.8 Å². The molecule has 0 aromatic carbocycles. The van der Waals surface area contributed by atoms with Gasteiger partial charge in [-0.25, -0.2) is 24.6 Å². The molecule has 0 saturated heterocycles. The second-order valence-electron chi connectivity index (χ2n) is 7.38. The van der Waals surface area contributed by atoms with Crippen LogP contribution >= 0.6 is 11.3 Å². The van der Waals surface area contributed by atoms with Crippen molar-refractivity contribution in [2.75, 3.05) is 5.01 Å². The van der Waals surface area contributed by atoms with Crippen LogP contribution in [0.5, 0.6) is 0 Å². The summed E-state index contributed by atoms with van der Waals surface area (Å²) in [4.78, 5) is 26.9. The second-order valence-corrected chi connectivity index (χ2v) is 8.61. The highest BCUT2D eigenvalue weighted by atomic mass is 32.1. The van der Waals surface area contributed by atoms with Gasteiger partial charge >= 0.3 is 0 Å². The quantitative estimate of drug-likeness (QED) is 0.165. The number of imidazole rings is 1. The van der Waals surface area contributed by atoms with Crippen LogP contribution < -0.4 is 22.0 Å². The van der Waals surface area contributed by atoms with Crippen molar-refractivity contribution in [3.63, 3.8) is 0 Å². The van der Waals surface area contributed by atoms with E-state index in [1.165, 1.54) is 23.6 Å². The first-order chi connectivity index (χ1) is 16.3. The molecule has 4 heterocycles. The van der Waals surface area contributed by atoms with Gasteiger partial charge in [-0.1, -0.05) is 6.07 Å². The van der Waals surface area contributed by atoms with Crippen LogP contribution in [-0.4, -0.2) is 37.5 Å². The zero-order valence-corrected chi connectivity index (χ0v) is 19.1. The van der Waals surface area contributed by atoms with E-state index < -0.39 is 18.2 Å². The molecule has 0 saturated carbocycles. The van der Waals surface area contributed by atoms with E-state index in [2.05, 4.69) is 25.4 Å². The molecule has 0 spiro atoms. The molecular weight excluding hydrogens is 464 g/mol. The number of nitrogens with zero attached hydrogens (tertiary/aromatic N) is 6. The van der Waals surface area contributed by atoms with Gasteiger partial charge in [-0.3, -0.25) is 19.2 Å². The number of carbonyl (C=O) groups is 1. The highest BCUT2D eigenvalue weighted by molar-refractivity contribution is 7.14. The molecule has 34 heavy (non-hydrogen) atoms. The molecule has 10 nitrogen and oxygen atoms in total. The average molecular weight is 486 g/mol. The number of alkyl halides is 2. The van der Waals surface area contributed by atoms with E-state index >= 15 is 0 Å². The predicted octanol–water partition coefficient (Wildman–Crippen LogP) is 2.62. The van der Waals surface area contributed by atoms with Gasteiger partial charge in [0.25, 0.3) is 12.3 Å². The monoisotopic (exact) mass is 485 g/mol. The summed E-state index contributed by atoms with van der Waals surface area (Å²) < 4.78 is 28.5. The molecule has 0 radical (unpaired) electrons. The van der Waals surface area contributed by atoms with Crippen LogP contribution in [0.4, 0.5) is 14.5 Å². The van der Waals surface area contributed by atoms with Crippen molar-refractivity contribution in [1.82, 2.24) is 24.7 Å². The number of amides is 1. The largest absolute Gasteiger partial charge is 0.348 e. The Morgan fingerprint density at radius 2 is 2.03 bits per heavy atom. The molecule has 0 aliphatic carbocycles. The van der Waals surface area contributed by atoms with Gasteiger partial charge in [0.1, 0.15) is 16.4 Å². The van der Waals surface area contributed by atoms with Crippen LogP contribution in [0.3, 0.4) is 0 Å². The Labute approximate surface area is 196 Å². The Morgan fingerprint density at radius 1 is 1.24 bits per heavy atom. The Balaban J connectivity index is 1.77. The van der Waals surface area contributed by atoms with E-state index in [4.69, 9.17) is 11.7 Å². The lowest BCUT2D eigenvalue weighted by atomic mass is 10.2. The number of thiazole rings is 1. The van der Waals surface area contributed by atoms with Gasteiger partial charge in [-0.15, -0.1) is 11.3 Å². The van der Waals surface area contributed by atoms with Gasteiger partial charge < -0.3 is 11.2 Å². The van der Waals surface area contributed by atoms with E-state index in [-0.39, 0.29) is 23.4 Å². The summed E-state index contributed by atoms with van der Waals surface area (Å²) in [5.41, 5.74) is 2.65. The smallest absolute Gasteiger partial charge is 0.298 e. The summed E-state index contributed by atoms with van der Waals surface area (Å²) in [6, 6.07) is 5.05. The fourth-order valence-corrected chi connectivity index (χ4v) is 4.01. The third kappa shape index (κ3) is 4.56. The van der Waals surface area contributed by atoms with Crippen LogP contribution in [0.2, 0.25) is 0 Å². The molecule has 0 atom stereocenters. The topological polar surface area (TPSA) is 140 Å². The number of amidine groups is 1. The lowest BCUT2D eigenvalue weighted by molar-refractivity contribution is 0.0950. The number of carbonyl (C=O) groups excluding carboxylic acids is 1. The van der Waals surface area contributed by atoms with E-state index in [1.807, 2.05) is 26.0 Å². The van der Waals surface area contributed by atoms with E-state index in [9.17, 15) is 13.6 Å². The molecule has 4 aromatic heterocycles. The highest BCUT2D eigenvalue weighted by Gasteiger charge is 2.25. The van der Waals surface area contributed by atoms with Crippen LogP contribution in [0.25, 0.3) is 16.3 Å². The first-order valence-corrected chi connectivity index (χ1v) is 10.8. The van der Waals surface area contributed by atoms with Crippen molar-refractivity contribution in [3.8, 4) is 10.7 Å². The van der Waals surface area contributed by atoms with Crippen molar-refractivity contribution in [3.05, 3.63) is 64.7 Å². The number of hydrogen-bond acceptors (Lipinski definition) is 8. The first kappa shape index (κ1) is 23.2. The third-order valence-electron chi connectivity index (χ3n) is 4.95. The average Bonchev–Trinajstić information content (AvgIpc) is 3.43. The van der Waals surface area contributed by atoms with Crippen LogP contribution in [0.1, 0.15) is 26.5 Å². The number of anilines is 1. The third-order valence-corrected chi connectivity index (χ3v) is 5.88. The first-order valence-electron chi connectivity index (χ1n) is 10.0. The molecule has 0 fully saturated rings. The van der Waals surface area contributed by atoms with Crippen LogP contribution in [0.15, 0.2) is 48.1 Å². The molecule has 4 rings (SSSR count). The van der Waals surface area contributed by atoms with Gasteiger partial charge in [0.05, 0.1) is 11.8 Å². The number of nitrogens with two attached hydrogens (primary N) is 2. The van der Waals surface area contributed by atoms with E-state index in [1.54, 1.807) is 23.0 Å². The number of hydrazine groups is 1. The molecule has 0 aliphatic heterocycles. The predicted molar refractivity (Wildman–Crippen MR) is 125 cm³/mol. The zero-order chi connectivity index (χ0) is 24.4. The summed E-state index contributed by atoms with van der Waals surface area (Å²) in [6.45, 7) is 3.99. The number of nitrogens with one attached hydrogen (secondary N) is 1. The minimum absolute atomic E-state index is 0.0219.